The van der Waals surface area contributed by atoms with Crippen LogP contribution >= 0.6 is 24.0 Å². The van der Waals surface area contributed by atoms with Crippen LogP contribution in [0.1, 0.15) is 54.5 Å². The highest BCUT2D eigenvalue weighted by atomic mass is 127. The predicted molar refractivity (Wildman–Crippen MR) is 120 cm³/mol. The van der Waals surface area contributed by atoms with Crippen LogP contribution in [0, 0.1) is 13.8 Å². The number of nitrogens with one attached hydrogen (secondary N) is 2. The molecule has 0 spiro atoms. The van der Waals surface area contributed by atoms with Gasteiger partial charge >= 0.3 is 0 Å². The number of halogens is 1. The molecule has 8 heteroatoms. The van der Waals surface area contributed by atoms with E-state index in [0.29, 0.717) is 12.1 Å². The fourth-order valence-corrected chi connectivity index (χ4v) is 3.53. The van der Waals surface area contributed by atoms with Crippen molar-refractivity contribution in [2.75, 3.05) is 7.05 Å². The standard InChI is InChI=1S/C19H31N7.HI/c1-12(2)26-11-15-7-8-16(9-18(15)24-26)22-19(20-5)21-10-17-13(3)23-25(6)14(17)4;/h11-12,16H,7-10H2,1-6H3,(H2,20,21,22);1H. The first kappa shape index (κ1) is 21.7. The van der Waals surface area contributed by atoms with E-state index in [2.05, 4.69) is 52.4 Å². The minimum absolute atomic E-state index is 0. The summed E-state index contributed by atoms with van der Waals surface area (Å²) < 4.78 is 4.00. The maximum absolute atomic E-state index is 4.76. The van der Waals surface area contributed by atoms with E-state index in [0.717, 1.165) is 37.5 Å². The molecule has 2 aromatic heterocycles. The maximum atomic E-state index is 4.76. The second kappa shape index (κ2) is 9.07. The van der Waals surface area contributed by atoms with Crippen LogP contribution in [-0.2, 0) is 26.4 Å². The zero-order valence-corrected chi connectivity index (χ0v) is 19.5. The minimum Gasteiger partial charge on any atom is -0.353 e. The Morgan fingerprint density at radius 2 is 2.07 bits per heavy atom. The Kier molecular flexibility index (Phi) is 7.30. The lowest BCUT2D eigenvalue weighted by atomic mass is 9.94. The second-order valence-electron chi connectivity index (χ2n) is 7.46. The van der Waals surface area contributed by atoms with Crippen LogP contribution in [-0.4, -0.2) is 38.6 Å². The van der Waals surface area contributed by atoms with E-state index in [1.54, 1.807) is 0 Å². The zero-order valence-electron chi connectivity index (χ0n) is 17.2. The molecule has 2 heterocycles. The van der Waals surface area contributed by atoms with E-state index in [9.17, 15) is 0 Å². The van der Waals surface area contributed by atoms with Crippen molar-refractivity contribution in [1.82, 2.24) is 30.2 Å². The molecular weight excluding hydrogens is 453 g/mol. The molecule has 7 nitrogen and oxygen atoms in total. The smallest absolute Gasteiger partial charge is 0.191 e. The Balaban J connectivity index is 0.00000261. The summed E-state index contributed by atoms with van der Waals surface area (Å²) in [6.07, 6.45) is 5.32. The van der Waals surface area contributed by atoms with E-state index in [1.165, 1.54) is 22.5 Å². The van der Waals surface area contributed by atoms with Crippen molar-refractivity contribution >= 4 is 29.9 Å². The number of aromatic nitrogens is 4. The normalized spacial score (nSPS) is 16.9. The topological polar surface area (TPSA) is 72.1 Å². The SMILES string of the molecule is CN=C(NCc1c(C)nn(C)c1C)NC1CCc2cn(C(C)C)nc2C1.I. The van der Waals surface area contributed by atoms with Gasteiger partial charge in [-0.25, -0.2) is 0 Å². The van der Waals surface area contributed by atoms with E-state index in [-0.39, 0.29) is 24.0 Å². The first-order valence-electron chi connectivity index (χ1n) is 9.42. The first-order chi connectivity index (χ1) is 12.4. The molecule has 2 aromatic rings. The number of fused-ring (bicyclic) bond motifs is 1. The third-order valence-electron chi connectivity index (χ3n) is 5.28. The van der Waals surface area contributed by atoms with Gasteiger partial charge in [-0.2, -0.15) is 10.2 Å². The summed E-state index contributed by atoms with van der Waals surface area (Å²) >= 11 is 0. The van der Waals surface area contributed by atoms with Crippen LogP contribution in [0.25, 0.3) is 0 Å². The fourth-order valence-electron chi connectivity index (χ4n) is 3.53. The van der Waals surface area contributed by atoms with Gasteiger partial charge in [-0.15, -0.1) is 24.0 Å². The summed E-state index contributed by atoms with van der Waals surface area (Å²) in [5.41, 5.74) is 6.09. The van der Waals surface area contributed by atoms with Crippen LogP contribution in [0.15, 0.2) is 11.2 Å². The lowest BCUT2D eigenvalue weighted by molar-refractivity contribution is 0.499. The number of nitrogens with zero attached hydrogens (tertiary/aromatic N) is 5. The Labute approximate surface area is 179 Å². The van der Waals surface area contributed by atoms with Crippen molar-refractivity contribution in [2.24, 2.45) is 12.0 Å². The molecule has 0 aliphatic heterocycles. The first-order valence-corrected chi connectivity index (χ1v) is 9.42. The van der Waals surface area contributed by atoms with Crippen molar-refractivity contribution < 1.29 is 0 Å². The monoisotopic (exact) mass is 485 g/mol. The summed E-state index contributed by atoms with van der Waals surface area (Å²) in [5, 5.41) is 16.2. The minimum atomic E-state index is 0. The molecule has 0 bridgehead atoms. The van der Waals surface area contributed by atoms with Crippen molar-refractivity contribution in [3.8, 4) is 0 Å². The van der Waals surface area contributed by atoms with Crippen molar-refractivity contribution in [3.05, 3.63) is 34.4 Å². The molecule has 150 valence electrons. The van der Waals surface area contributed by atoms with Crippen molar-refractivity contribution in [3.63, 3.8) is 0 Å². The lowest BCUT2D eigenvalue weighted by Gasteiger charge is -2.24. The van der Waals surface area contributed by atoms with Gasteiger partial charge in [-0.05, 0) is 46.1 Å². The van der Waals surface area contributed by atoms with Crippen LogP contribution < -0.4 is 10.6 Å². The van der Waals surface area contributed by atoms with Crippen molar-refractivity contribution in [1.29, 1.82) is 0 Å². The maximum Gasteiger partial charge on any atom is 0.191 e. The van der Waals surface area contributed by atoms with E-state index in [1.807, 2.05) is 25.7 Å². The molecule has 0 radical (unpaired) electrons. The lowest BCUT2D eigenvalue weighted by Crippen LogP contribution is -2.45. The zero-order chi connectivity index (χ0) is 18.8. The third kappa shape index (κ3) is 4.83. The van der Waals surface area contributed by atoms with Gasteiger partial charge in [-0.1, -0.05) is 0 Å². The van der Waals surface area contributed by atoms with Gasteiger partial charge in [0.2, 0.25) is 0 Å². The highest BCUT2D eigenvalue weighted by Crippen LogP contribution is 2.21. The Hall–Kier alpha value is -1.58. The molecule has 1 aliphatic rings. The van der Waals surface area contributed by atoms with Gasteiger partial charge in [0.15, 0.2) is 5.96 Å². The number of aliphatic imine (C=N–C) groups is 1. The number of rotatable bonds is 4. The molecule has 0 saturated heterocycles. The predicted octanol–water partition coefficient (Wildman–Crippen LogP) is 2.65. The van der Waals surface area contributed by atoms with Gasteiger partial charge in [-0.3, -0.25) is 14.4 Å². The Morgan fingerprint density at radius 1 is 1.33 bits per heavy atom. The fraction of sp³-hybridized carbons (Fsp3) is 0.632. The number of guanidine groups is 1. The van der Waals surface area contributed by atoms with Crippen LogP contribution in [0.4, 0.5) is 0 Å². The average molecular weight is 485 g/mol. The Bertz CT molecular complexity index is 803. The van der Waals surface area contributed by atoms with Gasteiger partial charge in [0.25, 0.3) is 0 Å². The molecule has 1 atom stereocenters. The van der Waals surface area contributed by atoms with Gasteiger partial charge in [0, 0.05) is 56.6 Å². The van der Waals surface area contributed by atoms with Crippen LogP contribution in [0.3, 0.4) is 0 Å². The second-order valence-corrected chi connectivity index (χ2v) is 7.46. The molecule has 0 aromatic carbocycles. The van der Waals surface area contributed by atoms with Crippen LogP contribution in [0.5, 0.6) is 0 Å². The number of hydrogen-bond acceptors (Lipinski definition) is 3. The molecule has 0 amide bonds. The number of hydrogen-bond donors (Lipinski definition) is 2. The van der Waals surface area contributed by atoms with Gasteiger partial charge in [0.1, 0.15) is 0 Å². The van der Waals surface area contributed by atoms with E-state index < -0.39 is 0 Å². The number of aryl methyl sites for hydroxylation is 3. The van der Waals surface area contributed by atoms with Gasteiger partial charge in [0.05, 0.1) is 11.4 Å². The summed E-state index contributed by atoms with van der Waals surface area (Å²) in [7, 11) is 3.80. The average Bonchev–Trinajstić information content (AvgIpc) is 3.13. The molecule has 1 aliphatic carbocycles. The molecule has 1 unspecified atom stereocenters. The highest BCUT2D eigenvalue weighted by Gasteiger charge is 2.23. The molecule has 0 saturated carbocycles. The third-order valence-corrected chi connectivity index (χ3v) is 5.28. The van der Waals surface area contributed by atoms with Crippen molar-refractivity contribution in [2.45, 2.75) is 65.6 Å². The molecular formula is C19H32IN7. The van der Waals surface area contributed by atoms with Crippen LogP contribution in [0.2, 0.25) is 0 Å². The highest BCUT2D eigenvalue weighted by molar-refractivity contribution is 14.0. The molecule has 2 N–H and O–H groups in total. The summed E-state index contributed by atoms with van der Waals surface area (Å²) in [5.74, 6) is 0.837. The molecule has 3 rings (SSSR count). The van der Waals surface area contributed by atoms with E-state index >= 15 is 0 Å². The molecule has 0 fully saturated rings. The summed E-state index contributed by atoms with van der Waals surface area (Å²) in [4.78, 5) is 4.39. The quantitative estimate of drug-likeness (QED) is 0.397. The largest absolute Gasteiger partial charge is 0.353 e. The summed E-state index contributed by atoms with van der Waals surface area (Å²) in [6, 6.07) is 0.771. The van der Waals surface area contributed by atoms with Gasteiger partial charge < -0.3 is 10.6 Å². The Morgan fingerprint density at radius 3 is 2.67 bits per heavy atom. The summed E-state index contributed by atoms with van der Waals surface area (Å²) in [6.45, 7) is 9.21. The van der Waals surface area contributed by atoms with E-state index in [4.69, 9.17) is 5.10 Å². The molecule has 27 heavy (non-hydrogen) atoms.